The summed E-state index contributed by atoms with van der Waals surface area (Å²) in [4.78, 5) is 11.4. The summed E-state index contributed by atoms with van der Waals surface area (Å²) >= 11 is 0. The molecule has 2 unspecified atom stereocenters. The predicted octanol–water partition coefficient (Wildman–Crippen LogP) is 5.08. The van der Waals surface area contributed by atoms with Crippen LogP contribution < -0.4 is 0 Å². The summed E-state index contributed by atoms with van der Waals surface area (Å²) in [5.74, 6) is 1.69. The minimum atomic E-state index is -0.475. The molecule has 142 valence electrons. The Bertz CT molecular complexity index is 481. The van der Waals surface area contributed by atoms with Crippen molar-refractivity contribution in [3.8, 4) is 0 Å². The van der Waals surface area contributed by atoms with Crippen LogP contribution in [0.15, 0.2) is 24.3 Å². The first-order valence-corrected chi connectivity index (χ1v) is 9.65. The summed E-state index contributed by atoms with van der Waals surface area (Å²) in [7, 11) is 1.56. The van der Waals surface area contributed by atoms with Gasteiger partial charge in [0.05, 0.1) is 12.7 Å². The number of carbonyl (C=O) groups excluding carboxylic acids is 1. The van der Waals surface area contributed by atoms with Gasteiger partial charge in [0.1, 0.15) is 5.78 Å². The zero-order valence-electron chi connectivity index (χ0n) is 16.6. The highest BCUT2D eigenvalue weighted by molar-refractivity contribution is 5.81. The van der Waals surface area contributed by atoms with Crippen molar-refractivity contribution in [2.75, 3.05) is 13.7 Å². The van der Waals surface area contributed by atoms with Crippen molar-refractivity contribution >= 4 is 5.78 Å². The fourth-order valence-corrected chi connectivity index (χ4v) is 3.46. The van der Waals surface area contributed by atoms with E-state index in [-0.39, 0.29) is 5.92 Å². The molecule has 1 aromatic rings. The van der Waals surface area contributed by atoms with Crippen molar-refractivity contribution < 1.29 is 14.6 Å². The van der Waals surface area contributed by atoms with E-state index in [1.54, 1.807) is 7.11 Å². The van der Waals surface area contributed by atoms with Gasteiger partial charge in [-0.1, -0.05) is 58.4 Å². The maximum atomic E-state index is 11.4. The van der Waals surface area contributed by atoms with Crippen LogP contribution in [0.5, 0.6) is 0 Å². The molecule has 1 fully saturated rings. The van der Waals surface area contributed by atoms with E-state index in [0.717, 1.165) is 19.3 Å². The van der Waals surface area contributed by atoms with Crippen LogP contribution in [-0.2, 0) is 9.53 Å². The van der Waals surface area contributed by atoms with Crippen LogP contribution in [0.3, 0.4) is 0 Å². The largest absolute Gasteiger partial charge is 0.391 e. The summed E-state index contributed by atoms with van der Waals surface area (Å²) < 4.78 is 4.82. The number of hydrogen-bond donors (Lipinski definition) is 1. The van der Waals surface area contributed by atoms with Gasteiger partial charge in [0.15, 0.2) is 0 Å². The molecular weight excluding hydrogens is 312 g/mol. The van der Waals surface area contributed by atoms with Gasteiger partial charge in [0, 0.05) is 19.4 Å². The third-order valence-corrected chi connectivity index (χ3v) is 4.84. The average Bonchev–Trinajstić information content (AvgIpc) is 2.57. The lowest BCUT2D eigenvalue weighted by Gasteiger charge is -2.22. The summed E-state index contributed by atoms with van der Waals surface area (Å²) in [5.41, 5.74) is 2.99. The number of rotatable bonds is 6. The Kier molecular flexibility index (Phi) is 9.99. The molecule has 0 aliphatic heterocycles. The third-order valence-electron chi connectivity index (χ3n) is 4.84. The molecule has 0 bridgehead atoms. The van der Waals surface area contributed by atoms with Crippen LogP contribution in [-0.4, -0.2) is 30.7 Å². The van der Waals surface area contributed by atoms with Gasteiger partial charge in [-0.2, -0.15) is 0 Å². The number of hydrogen-bond acceptors (Lipinski definition) is 3. The first kappa shape index (κ1) is 21.9. The van der Waals surface area contributed by atoms with E-state index in [2.05, 4.69) is 52.0 Å². The third kappa shape index (κ3) is 7.70. The molecule has 2 atom stereocenters. The number of aliphatic hydroxyl groups is 1. The summed E-state index contributed by atoms with van der Waals surface area (Å²) in [6.45, 7) is 9.34. The monoisotopic (exact) mass is 348 g/mol. The number of carbonyl (C=O) groups is 1. The van der Waals surface area contributed by atoms with Crippen LogP contribution in [0.4, 0.5) is 0 Å². The second-order valence-electron chi connectivity index (χ2n) is 7.69. The molecule has 1 saturated carbocycles. The Hall–Kier alpha value is -1.19. The van der Waals surface area contributed by atoms with E-state index in [4.69, 9.17) is 4.74 Å². The van der Waals surface area contributed by atoms with Gasteiger partial charge < -0.3 is 9.84 Å². The summed E-state index contributed by atoms with van der Waals surface area (Å²) in [6, 6.07) is 8.72. The van der Waals surface area contributed by atoms with Crippen LogP contribution in [0, 0.1) is 5.92 Å². The van der Waals surface area contributed by atoms with Crippen molar-refractivity contribution in [2.45, 2.75) is 77.7 Å². The molecule has 0 radical (unpaired) electrons. The first-order chi connectivity index (χ1) is 11.9. The number of ether oxygens (including phenoxy) is 1. The van der Waals surface area contributed by atoms with Crippen molar-refractivity contribution in [1.29, 1.82) is 0 Å². The van der Waals surface area contributed by atoms with Gasteiger partial charge in [-0.15, -0.1) is 0 Å². The Labute approximate surface area is 153 Å². The maximum absolute atomic E-state index is 11.4. The molecule has 3 heteroatoms. The SMILES string of the molecule is CC(C)c1ccccc1C(C)C.COCC(O)CC1CCCCC1=O. The van der Waals surface area contributed by atoms with Crippen LogP contribution in [0.2, 0.25) is 0 Å². The fraction of sp³-hybridized carbons (Fsp3) is 0.682. The molecule has 2 rings (SSSR count). The molecule has 0 saturated heterocycles. The summed E-state index contributed by atoms with van der Waals surface area (Å²) in [5, 5.41) is 9.44. The number of aliphatic hydroxyl groups excluding tert-OH is 1. The highest BCUT2D eigenvalue weighted by Gasteiger charge is 2.24. The lowest BCUT2D eigenvalue weighted by atomic mass is 9.84. The number of ketones is 1. The van der Waals surface area contributed by atoms with Crippen molar-refractivity contribution in [1.82, 2.24) is 0 Å². The van der Waals surface area contributed by atoms with Gasteiger partial charge >= 0.3 is 0 Å². The molecule has 1 aliphatic carbocycles. The molecule has 0 amide bonds. The smallest absolute Gasteiger partial charge is 0.136 e. The zero-order chi connectivity index (χ0) is 18.8. The highest BCUT2D eigenvalue weighted by atomic mass is 16.5. The van der Waals surface area contributed by atoms with E-state index in [9.17, 15) is 9.90 Å². The second kappa shape index (κ2) is 11.4. The molecule has 0 heterocycles. The molecule has 0 aromatic heterocycles. The molecule has 1 N–H and O–H groups in total. The summed E-state index contributed by atoms with van der Waals surface area (Å²) in [6.07, 6.45) is 3.89. The minimum absolute atomic E-state index is 0.0823. The van der Waals surface area contributed by atoms with Crippen molar-refractivity contribution in [2.24, 2.45) is 5.92 Å². The average molecular weight is 349 g/mol. The van der Waals surface area contributed by atoms with Crippen LogP contribution >= 0.6 is 0 Å². The molecule has 0 spiro atoms. The molecular formula is C22H36O3. The van der Waals surface area contributed by atoms with Gasteiger partial charge in [0.25, 0.3) is 0 Å². The van der Waals surface area contributed by atoms with Crippen LogP contribution in [0.25, 0.3) is 0 Å². The van der Waals surface area contributed by atoms with E-state index in [0.29, 0.717) is 37.1 Å². The maximum Gasteiger partial charge on any atom is 0.136 e. The van der Waals surface area contributed by atoms with Crippen molar-refractivity contribution in [3.05, 3.63) is 35.4 Å². The lowest BCUT2D eigenvalue weighted by Crippen LogP contribution is -2.26. The van der Waals surface area contributed by atoms with E-state index >= 15 is 0 Å². The van der Waals surface area contributed by atoms with E-state index in [1.165, 1.54) is 11.1 Å². The molecule has 1 aliphatic rings. The number of Topliss-reactive ketones (excluding diaryl/α,β-unsaturated/α-hetero) is 1. The van der Waals surface area contributed by atoms with Gasteiger partial charge in [-0.05, 0) is 42.2 Å². The van der Waals surface area contributed by atoms with E-state index in [1.807, 2.05) is 0 Å². The van der Waals surface area contributed by atoms with Crippen molar-refractivity contribution in [3.63, 3.8) is 0 Å². The predicted molar refractivity (Wildman–Crippen MR) is 104 cm³/mol. The molecule has 25 heavy (non-hydrogen) atoms. The number of methoxy groups -OCH3 is 1. The fourth-order valence-electron chi connectivity index (χ4n) is 3.46. The van der Waals surface area contributed by atoms with Gasteiger partial charge in [0.2, 0.25) is 0 Å². The molecule has 1 aromatic carbocycles. The topological polar surface area (TPSA) is 46.5 Å². The Morgan fingerprint density at radius 3 is 2.08 bits per heavy atom. The Morgan fingerprint density at radius 1 is 1.08 bits per heavy atom. The van der Waals surface area contributed by atoms with Gasteiger partial charge in [-0.25, -0.2) is 0 Å². The zero-order valence-corrected chi connectivity index (χ0v) is 16.6. The quantitative estimate of drug-likeness (QED) is 0.780. The Balaban J connectivity index is 0.000000251. The number of benzene rings is 1. The second-order valence-corrected chi connectivity index (χ2v) is 7.69. The van der Waals surface area contributed by atoms with E-state index < -0.39 is 6.10 Å². The normalized spacial score (nSPS) is 18.9. The molecule has 3 nitrogen and oxygen atoms in total. The Morgan fingerprint density at radius 2 is 1.64 bits per heavy atom. The van der Waals surface area contributed by atoms with Crippen LogP contribution in [0.1, 0.15) is 82.8 Å². The lowest BCUT2D eigenvalue weighted by molar-refractivity contribution is -0.126. The standard InChI is InChI=1S/C12H18.C10H18O3/c1-9(2)11-7-5-6-8-12(11)10(3)4;1-13-7-9(11)6-8-4-2-3-5-10(8)12/h5-10H,1-4H3;8-9,11H,2-7H2,1H3. The van der Waals surface area contributed by atoms with Gasteiger partial charge in [-0.3, -0.25) is 4.79 Å². The highest BCUT2D eigenvalue weighted by Crippen LogP contribution is 2.25. The minimum Gasteiger partial charge on any atom is -0.391 e. The first-order valence-electron chi connectivity index (χ1n) is 9.65.